The highest BCUT2D eigenvalue weighted by molar-refractivity contribution is 5.80. The summed E-state index contributed by atoms with van der Waals surface area (Å²) < 4.78 is 5.12. The van der Waals surface area contributed by atoms with Crippen molar-refractivity contribution in [1.82, 2.24) is 5.32 Å². The summed E-state index contributed by atoms with van der Waals surface area (Å²) in [5.41, 5.74) is 4.61. The molecule has 6 nitrogen and oxygen atoms in total. The summed E-state index contributed by atoms with van der Waals surface area (Å²) in [7, 11) is 0. The van der Waals surface area contributed by atoms with Crippen molar-refractivity contribution in [3.8, 4) is 16.9 Å². The van der Waals surface area contributed by atoms with Crippen LogP contribution in [0.2, 0.25) is 0 Å². The van der Waals surface area contributed by atoms with E-state index in [2.05, 4.69) is 5.32 Å². The third kappa shape index (κ3) is 6.09. The van der Waals surface area contributed by atoms with E-state index in [-0.39, 0.29) is 18.8 Å². The van der Waals surface area contributed by atoms with Gasteiger partial charge in [-0.05, 0) is 46.4 Å². The van der Waals surface area contributed by atoms with Gasteiger partial charge in [0.15, 0.2) is 0 Å². The first-order valence-electron chi connectivity index (χ1n) is 10.1. The van der Waals surface area contributed by atoms with Crippen LogP contribution in [0.1, 0.15) is 23.6 Å². The molecule has 31 heavy (non-hydrogen) atoms. The molecule has 160 valence electrons. The number of carbonyl (C=O) groups is 2. The average Bonchev–Trinajstić information content (AvgIpc) is 2.78. The number of alkyl carbamates (subject to hydrolysis) is 1. The molecule has 0 aliphatic rings. The third-order valence-corrected chi connectivity index (χ3v) is 4.98. The number of nitrogens with one attached hydrogen (secondary N) is 1. The zero-order valence-electron chi connectivity index (χ0n) is 17.2. The highest BCUT2D eigenvalue weighted by Gasteiger charge is 2.21. The Labute approximate surface area is 181 Å². The van der Waals surface area contributed by atoms with Crippen LogP contribution in [0, 0.1) is 0 Å². The third-order valence-electron chi connectivity index (χ3n) is 4.98. The number of ether oxygens (including phenoxy) is 1. The van der Waals surface area contributed by atoms with E-state index in [1.165, 1.54) is 0 Å². The van der Waals surface area contributed by atoms with Gasteiger partial charge in [0.25, 0.3) is 0 Å². The fraction of sp³-hybridized carbons (Fsp3) is 0.200. The summed E-state index contributed by atoms with van der Waals surface area (Å²) in [6, 6.07) is 20.8. The number of rotatable bonds is 8. The maximum atomic E-state index is 12.0. The fourth-order valence-electron chi connectivity index (χ4n) is 3.32. The van der Waals surface area contributed by atoms with Gasteiger partial charge in [0.05, 0.1) is 0 Å². The van der Waals surface area contributed by atoms with E-state index >= 15 is 0 Å². The van der Waals surface area contributed by atoms with Crippen LogP contribution in [0.3, 0.4) is 0 Å². The van der Waals surface area contributed by atoms with Crippen LogP contribution in [0.5, 0.6) is 5.75 Å². The zero-order valence-corrected chi connectivity index (χ0v) is 17.2. The van der Waals surface area contributed by atoms with Gasteiger partial charge in [-0.2, -0.15) is 0 Å². The van der Waals surface area contributed by atoms with Crippen molar-refractivity contribution in [2.45, 2.75) is 32.4 Å². The first kappa shape index (κ1) is 21.9. The molecular weight excluding hydrogens is 394 g/mol. The average molecular weight is 419 g/mol. The fourth-order valence-corrected chi connectivity index (χ4v) is 3.32. The monoisotopic (exact) mass is 419 g/mol. The number of aliphatic carboxylic acids is 1. The van der Waals surface area contributed by atoms with Crippen LogP contribution in [0.25, 0.3) is 11.1 Å². The maximum Gasteiger partial charge on any atom is 0.408 e. The predicted octanol–water partition coefficient (Wildman–Crippen LogP) is 4.54. The number of phenols is 1. The molecule has 3 aromatic rings. The quantitative estimate of drug-likeness (QED) is 0.498. The molecule has 0 fully saturated rings. The van der Waals surface area contributed by atoms with Crippen molar-refractivity contribution in [3.05, 3.63) is 89.5 Å². The lowest BCUT2D eigenvalue weighted by Crippen LogP contribution is -2.42. The Kier molecular flexibility index (Phi) is 7.27. The maximum absolute atomic E-state index is 12.0. The lowest BCUT2D eigenvalue weighted by Gasteiger charge is -2.15. The summed E-state index contributed by atoms with van der Waals surface area (Å²) in [5.74, 6) is -0.903. The number of carboxylic acids is 1. The second kappa shape index (κ2) is 10.3. The minimum atomic E-state index is -1.13. The van der Waals surface area contributed by atoms with Gasteiger partial charge >= 0.3 is 12.1 Å². The normalized spacial score (nSPS) is 11.5. The van der Waals surface area contributed by atoms with Gasteiger partial charge in [-0.3, -0.25) is 0 Å². The summed E-state index contributed by atoms with van der Waals surface area (Å²) in [4.78, 5) is 23.7. The van der Waals surface area contributed by atoms with Gasteiger partial charge in [-0.1, -0.05) is 67.6 Å². The number of hydrogen-bond donors (Lipinski definition) is 3. The van der Waals surface area contributed by atoms with Crippen molar-refractivity contribution in [2.75, 3.05) is 0 Å². The molecule has 3 aromatic carbocycles. The predicted molar refractivity (Wildman–Crippen MR) is 118 cm³/mol. The molecule has 1 unspecified atom stereocenters. The smallest absolute Gasteiger partial charge is 0.408 e. The van der Waals surface area contributed by atoms with Gasteiger partial charge in [-0.15, -0.1) is 0 Å². The van der Waals surface area contributed by atoms with Gasteiger partial charge in [0.1, 0.15) is 18.4 Å². The molecule has 3 N–H and O–H groups in total. The Morgan fingerprint density at radius 3 is 2.32 bits per heavy atom. The van der Waals surface area contributed by atoms with Crippen LogP contribution in [0.4, 0.5) is 4.79 Å². The van der Waals surface area contributed by atoms with E-state index < -0.39 is 18.1 Å². The standard InChI is InChI=1S/C25H25NO5/c1-2-19-15-21(27)12-13-22(19)20-10-8-17(9-11-20)14-23(24(28)29)26-25(30)31-16-18-6-4-3-5-7-18/h3-13,15,23,27H,2,14,16H2,1H3,(H,26,30)(H,28,29). The number of phenolic OH excluding ortho intramolecular Hbond substituents is 1. The first-order valence-corrected chi connectivity index (χ1v) is 10.1. The highest BCUT2D eigenvalue weighted by Crippen LogP contribution is 2.28. The molecule has 0 bridgehead atoms. The Hall–Kier alpha value is -3.80. The van der Waals surface area contributed by atoms with Crippen molar-refractivity contribution in [1.29, 1.82) is 0 Å². The molecule has 6 heteroatoms. The molecule has 0 aliphatic carbocycles. The Bertz CT molecular complexity index is 1030. The number of carbonyl (C=O) groups excluding carboxylic acids is 1. The Morgan fingerprint density at radius 2 is 1.68 bits per heavy atom. The molecule has 1 atom stereocenters. The number of aromatic hydroxyl groups is 1. The molecule has 0 radical (unpaired) electrons. The highest BCUT2D eigenvalue weighted by atomic mass is 16.5. The van der Waals surface area contributed by atoms with Crippen molar-refractivity contribution >= 4 is 12.1 Å². The zero-order chi connectivity index (χ0) is 22.2. The van der Waals surface area contributed by atoms with Crippen molar-refractivity contribution in [2.24, 2.45) is 0 Å². The first-order chi connectivity index (χ1) is 15.0. The van der Waals surface area contributed by atoms with Crippen molar-refractivity contribution < 1.29 is 24.5 Å². The van der Waals surface area contributed by atoms with Crippen LogP contribution in [0.15, 0.2) is 72.8 Å². The SMILES string of the molecule is CCc1cc(O)ccc1-c1ccc(CC(NC(=O)OCc2ccccc2)C(=O)O)cc1. The molecule has 0 aliphatic heterocycles. The van der Waals surface area contributed by atoms with E-state index in [9.17, 15) is 19.8 Å². The minimum absolute atomic E-state index is 0.0695. The number of carboxylic acid groups (broad SMARTS) is 1. The summed E-state index contributed by atoms with van der Waals surface area (Å²) in [5, 5.41) is 21.6. The van der Waals surface area contributed by atoms with E-state index in [4.69, 9.17) is 4.74 Å². The summed E-state index contributed by atoms with van der Waals surface area (Å²) >= 11 is 0. The van der Waals surface area contributed by atoms with Gasteiger partial charge in [-0.25, -0.2) is 9.59 Å². The number of hydrogen-bond acceptors (Lipinski definition) is 4. The molecular formula is C25H25NO5. The number of aryl methyl sites for hydroxylation is 1. The van der Waals surface area contributed by atoms with Gasteiger partial charge in [0, 0.05) is 6.42 Å². The van der Waals surface area contributed by atoms with Crippen LogP contribution < -0.4 is 5.32 Å². The topological polar surface area (TPSA) is 95.9 Å². The Morgan fingerprint density at radius 1 is 0.968 bits per heavy atom. The molecule has 3 rings (SSSR count). The van der Waals surface area contributed by atoms with E-state index in [0.29, 0.717) is 0 Å². The largest absolute Gasteiger partial charge is 0.508 e. The molecule has 0 saturated carbocycles. The number of benzene rings is 3. The summed E-state index contributed by atoms with van der Waals surface area (Å²) in [6.45, 7) is 2.09. The summed E-state index contributed by atoms with van der Waals surface area (Å²) in [6.07, 6.45) is 0.137. The van der Waals surface area contributed by atoms with Gasteiger partial charge in [0.2, 0.25) is 0 Å². The van der Waals surface area contributed by atoms with Gasteiger partial charge < -0.3 is 20.3 Å². The lowest BCUT2D eigenvalue weighted by atomic mass is 9.96. The van der Waals surface area contributed by atoms with Crippen LogP contribution in [-0.2, 0) is 29.0 Å². The Balaban J connectivity index is 1.63. The second-order valence-corrected chi connectivity index (χ2v) is 7.19. The minimum Gasteiger partial charge on any atom is -0.508 e. The molecule has 0 saturated heterocycles. The van der Waals surface area contributed by atoms with E-state index in [1.54, 1.807) is 12.1 Å². The lowest BCUT2D eigenvalue weighted by molar-refractivity contribution is -0.139. The van der Waals surface area contributed by atoms with E-state index in [1.807, 2.05) is 67.6 Å². The molecule has 1 amide bonds. The van der Waals surface area contributed by atoms with Crippen LogP contribution >= 0.6 is 0 Å². The van der Waals surface area contributed by atoms with E-state index in [0.717, 1.165) is 34.2 Å². The van der Waals surface area contributed by atoms with Crippen molar-refractivity contribution in [3.63, 3.8) is 0 Å². The van der Waals surface area contributed by atoms with Crippen LogP contribution in [-0.4, -0.2) is 28.3 Å². The molecule has 0 aromatic heterocycles. The second-order valence-electron chi connectivity index (χ2n) is 7.19. The molecule has 0 heterocycles. The number of amides is 1. The molecule has 0 spiro atoms.